The van der Waals surface area contributed by atoms with Gasteiger partial charge in [-0.3, -0.25) is 4.79 Å². The quantitative estimate of drug-likeness (QED) is 0.519. The monoisotopic (exact) mass is 301 g/mol. The molecule has 1 aliphatic heterocycles. The number of ketones is 1. The molecule has 0 aromatic heterocycles. The molecule has 1 aliphatic rings. The fourth-order valence-electron chi connectivity index (χ4n) is 2.95. The van der Waals surface area contributed by atoms with Crippen LogP contribution in [0.5, 0.6) is 0 Å². The van der Waals surface area contributed by atoms with Crippen LogP contribution in [0, 0.1) is 12.3 Å². The van der Waals surface area contributed by atoms with Crippen molar-refractivity contribution >= 4 is 11.5 Å². The van der Waals surface area contributed by atoms with Gasteiger partial charge < -0.3 is 5.32 Å². The van der Waals surface area contributed by atoms with Crippen LogP contribution in [-0.2, 0) is 6.42 Å². The number of carbonyl (C=O) groups excluding carboxylic acids is 1. The summed E-state index contributed by atoms with van der Waals surface area (Å²) in [5.74, 6) is 2.65. The van der Waals surface area contributed by atoms with Crippen LogP contribution in [-0.4, -0.2) is 11.3 Å². The van der Waals surface area contributed by atoms with Crippen molar-refractivity contribution in [2.24, 2.45) is 0 Å². The van der Waals surface area contributed by atoms with Crippen LogP contribution in [0.25, 0.3) is 5.70 Å². The van der Waals surface area contributed by atoms with Crippen molar-refractivity contribution in [3.8, 4) is 12.3 Å². The first-order valence-electron chi connectivity index (χ1n) is 7.68. The van der Waals surface area contributed by atoms with Crippen molar-refractivity contribution in [1.29, 1.82) is 0 Å². The first kappa shape index (κ1) is 15.1. The topological polar surface area (TPSA) is 29.1 Å². The molecule has 0 unspecified atom stereocenters. The summed E-state index contributed by atoms with van der Waals surface area (Å²) in [6.07, 6.45) is 8.09. The summed E-state index contributed by atoms with van der Waals surface area (Å²) in [5, 5.41) is 3.47. The fourth-order valence-corrected chi connectivity index (χ4v) is 2.95. The van der Waals surface area contributed by atoms with E-state index in [9.17, 15) is 4.79 Å². The zero-order chi connectivity index (χ0) is 16.4. The van der Waals surface area contributed by atoms with Crippen molar-refractivity contribution < 1.29 is 4.79 Å². The smallest absolute Gasteiger partial charge is 0.187 e. The number of nitrogens with one attached hydrogen (secondary N) is 1. The van der Waals surface area contributed by atoms with Crippen molar-refractivity contribution in [1.82, 2.24) is 5.32 Å². The summed E-state index contributed by atoms with van der Waals surface area (Å²) in [7, 11) is 0. The molecule has 0 aliphatic carbocycles. The fraction of sp³-hybridized carbons (Fsp3) is 0.190. The molecule has 0 radical (unpaired) electrons. The Labute approximate surface area is 137 Å². The Morgan fingerprint density at radius 3 is 2.65 bits per heavy atom. The standard InChI is InChI=1S/C21H19NO/c1-4-15-10-11-17-14-21(2,3)22-19(18(17)12-15)13-20(23)16-8-6-5-7-9-16/h1,5-13,22H,14H2,2-3H3. The average molecular weight is 301 g/mol. The van der Waals surface area contributed by atoms with Gasteiger partial charge in [-0.1, -0.05) is 42.3 Å². The first-order chi connectivity index (χ1) is 11.0. The molecule has 0 bridgehead atoms. The van der Waals surface area contributed by atoms with Gasteiger partial charge >= 0.3 is 0 Å². The molecule has 2 aromatic rings. The highest BCUT2D eigenvalue weighted by atomic mass is 16.1. The Morgan fingerprint density at radius 2 is 1.96 bits per heavy atom. The molecule has 3 rings (SSSR count). The Kier molecular flexibility index (Phi) is 3.80. The Hall–Kier alpha value is -2.79. The Balaban J connectivity index is 2.07. The SMILES string of the molecule is C#Cc1ccc2c(c1)C(=CC(=O)c1ccccc1)NC(C)(C)C2. The zero-order valence-electron chi connectivity index (χ0n) is 13.4. The molecule has 114 valence electrons. The molecule has 1 heterocycles. The molecule has 1 N–H and O–H groups in total. The highest BCUT2D eigenvalue weighted by molar-refractivity contribution is 6.08. The summed E-state index contributed by atoms with van der Waals surface area (Å²) in [4.78, 5) is 12.5. The van der Waals surface area contributed by atoms with Crippen LogP contribution in [0.2, 0.25) is 0 Å². The number of hydrogen-bond acceptors (Lipinski definition) is 2. The number of hydrogen-bond donors (Lipinski definition) is 1. The maximum absolute atomic E-state index is 12.5. The predicted molar refractivity (Wildman–Crippen MR) is 94.0 cm³/mol. The minimum Gasteiger partial charge on any atom is -0.379 e. The second-order valence-corrected chi connectivity index (χ2v) is 6.49. The molecule has 2 aromatic carbocycles. The molecule has 2 nitrogen and oxygen atoms in total. The second kappa shape index (κ2) is 5.78. The van der Waals surface area contributed by atoms with E-state index in [1.165, 1.54) is 5.56 Å². The minimum absolute atomic E-state index is 0.0112. The van der Waals surface area contributed by atoms with Crippen LogP contribution in [0.4, 0.5) is 0 Å². The molecule has 23 heavy (non-hydrogen) atoms. The third-order valence-corrected chi connectivity index (χ3v) is 4.01. The Morgan fingerprint density at radius 1 is 1.22 bits per heavy atom. The highest BCUT2D eigenvalue weighted by Crippen LogP contribution is 2.30. The number of carbonyl (C=O) groups is 1. The first-order valence-corrected chi connectivity index (χ1v) is 7.68. The molecule has 0 atom stereocenters. The van der Waals surface area contributed by atoms with E-state index in [2.05, 4.69) is 31.2 Å². The number of rotatable bonds is 2. The van der Waals surface area contributed by atoms with E-state index in [1.807, 2.05) is 42.5 Å². The molecule has 2 heteroatoms. The van der Waals surface area contributed by atoms with Crippen LogP contribution >= 0.6 is 0 Å². The normalized spacial score (nSPS) is 17.0. The predicted octanol–water partition coefficient (Wildman–Crippen LogP) is 3.82. The Bertz CT molecular complexity index is 823. The lowest BCUT2D eigenvalue weighted by atomic mass is 9.84. The van der Waals surface area contributed by atoms with Gasteiger partial charge in [0.05, 0.1) is 0 Å². The lowest BCUT2D eigenvalue weighted by Gasteiger charge is -2.35. The minimum atomic E-state index is -0.104. The van der Waals surface area contributed by atoms with Crippen LogP contribution in [0.15, 0.2) is 54.6 Å². The molecular weight excluding hydrogens is 282 g/mol. The van der Waals surface area contributed by atoms with E-state index >= 15 is 0 Å². The summed E-state index contributed by atoms with van der Waals surface area (Å²) in [6, 6.07) is 15.3. The largest absolute Gasteiger partial charge is 0.379 e. The number of terminal acetylenes is 1. The summed E-state index contributed by atoms with van der Waals surface area (Å²) in [6.45, 7) is 4.26. The maximum atomic E-state index is 12.5. The van der Waals surface area contributed by atoms with Crippen molar-refractivity contribution in [2.45, 2.75) is 25.8 Å². The number of fused-ring (bicyclic) bond motifs is 1. The molecule has 0 saturated carbocycles. The van der Waals surface area contributed by atoms with Crippen LogP contribution < -0.4 is 5.32 Å². The van der Waals surface area contributed by atoms with Gasteiger partial charge in [-0.25, -0.2) is 0 Å². The zero-order valence-corrected chi connectivity index (χ0v) is 13.4. The number of benzene rings is 2. The van der Waals surface area contributed by atoms with Crippen LogP contribution in [0.3, 0.4) is 0 Å². The average Bonchev–Trinajstić information content (AvgIpc) is 2.54. The van der Waals surface area contributed by atoms with E-state index in [0.717, 1.165) is 23.2 Å². The lowest BCUT2D eigenvalue weighted by Crippen LogP contribution is -2.43. The van der Waals surface area contributed by atoms with Gasteiger partial charge in [-0.2, -0.15) is 0 Å². The molecule has 0 amide bonds. The van der Waals surface area contributed by atoms with Gasteiger partial charge in [0.2, 0.25) is 0 Å². The lowest BCUT2D eigenvalue weighted by molar-refractivity contribution is 0.104. The van der Waals surface area contributed by atoms with E-state index < -0.39 is 0 Å². The molecule has 0 spiro atoms. The third-order valence-electron chi connectivity index (χ3n) is 4.01. The summed E-state index contributed by atoms with van der Waals surface area (Å²) >= 11 is 0. The third kappa shape index (κ3) is 3.19. The van der Waals surface area contributed by atoms with Crippen LogP contribution in [0.1, 0.15) is 40.9 Å². The molecule has 0 fully saturated rings. The maximum Gasteiger partial charge on any atom is 0.187 e. The van der Waals surface area contributed by atoms with Gasteiger partial charge in [0.25, 0.3) is 0 Å². The molecular formula is C21H19NO. The van der Waals surface area contributed by atoms with E-state index in [-0.39, 0.29) is 11.3 Å². The van der Waals surface area contributed by atoms with E-state index in [1.54, 1.807) is 6.08 Å². The second-order valence-electron chi connectivity index (χ2n) is 6.49. The van der Waals surface area contributed by atoms with Gasteiger partial charge in [-0.05, 0) is 38.0 Å². The van der Waals surface area contributed by atoms with Gasteiger partial charge in [0.1, 0.15) is 0 Å². The van der Waals surface area contributed by atoms with Gasteiger partial charge in [-0.15, -0.1) is 6.42 Å². The van der Waals surface area contributed by atoms with Crippen molar-refractivity contribution in [3.63, 3.8) is 0 Å². The number of allylic oxidation sites excluding steroid dienone is 1. The van der Waals surface area contributed by atoms with Crippen molar-refractivity contribution in [3.05, 3.63) is 76.9 Å². The highest BCUT2D eigenvalue weighted by Gasteiger charge is 2.28. The van der Waals surface area contributed by atoms with Gasteiger partial charge in [0, 0.05) is 34.0 Å². The van der Waals surface area contributed by atoms with E-state index in [0.29, 0.717) is 5.56 Å². The summed E-state index contributed by atoms with van der Waals surface area (Å²) < 4.78 is 0. The van der Waals surface area contributed by atoms with E-state index in [4.69, 9.17) is 6.42 Å². The molecule has 0 saturated heterocycles. The van der Waals surface area contributed by atoms with Gasteiger partial charge in [0.15, 0.2) is 5.78 Å². The summed E-state index contributed by atoms with van der Waals surface area (Å²) in [5.41, 5.74) is 4.46. The van der Waals surface area contributed by atoms with Crippen molar-refractivity contribution in [2.75, 3.05) is 0 Å².